The van der Waals surface area contributed by atoms with Crippen LogP contribution in [0.15, 0.2) is 18.2 Å². The maximum absolute atomic E-state index is 12.1. The molecule has 2 saturated heterocycles. The van der Waals surface area contributed by atoms with Crippen LogP contribution in [0.3, 0.4) is 0 Å². The van der Waals surface area contributed by atoms with Crippen LogP contribution >= 0.6 is 0 Å². The summed E-state index contributed by atoms with van der Waals surface area (Å²) in [7, 11) is -3.12. The van der Waals surface area contributed by atoms with Gasteiger partial charge in [-0.25, -0.2) is 13.2 Å². The molecule has 1 unspecified atom stereocenters. The normalized spacial score (nSPS) is 23.6. The van der Waals surface area contributed by atoms with Gasteiger partial charge in [0.1, 0.15) is 0 Å². The number of carboxylic acid groups (broad SMARTS) is 1. The van der Waals surface area contributed by atoms with E-state index in [1.54, 1.807) is 4.31 Å². The molecule has 0 aromatic carbocycles. The van der Waals surface area contributed by atoms with Gasteiger partial charge in [0.25, 0.3) is 0 Å². The molecule has 0 saturated carbocycles. The number of aliphatic carboxylic acids is 1. The molecule has 1 N–H and O–H groups in total. The van der Waals surface area contributed by atoms with E-state index < -0.39 is 22.2 Å². The van der Waals surface area contributed by atoms with Crippen molar-refractivity contribution in [1.82, 2.24) is 14.2 Å². The van der Waals surface area contributed by atoms with E-state index in [-0.39, 0.29) is 5.54 Å². The number of aromatic nitrogens is 1. The van der Waals surface area contributed by atoms with Crippen LogP contribution in [0.25, 0.3) is 0 Å². The molecule has 0 bridgehead atoms. The van der Waals surface area contributed by atoms with Crippen molar-refractivity contribution in [2.45, 2.75) is 50.9 Å². The number of hydrogen-bond acceptors (Lipinski definition) is 5. The standard InChI is InChI=1S/C16H25N3O2S.C2HF3O2/c1-14-6-3-7-15(17-14)12-18-10-4-8-16(13-18)9-5-11-19(16)22(2,20)21;3-2(4,5)1(6)7/h3,6-7H,4-5,8-13H2,1-2H3;(H,6,7). The summed E-state index contributed by atoms with van der Waals surface area (Å²) in [6.45, 7) is 5.34. The van der Waals surface area contributed by atoms with E-state index in [0.29, 0.717) is 6.54 Å². The molecule has 2 aliphatic rings. The number of piperidine rings is 1. The van der Waals surface area contributed by atoms with E-state index in [0.717, 1.165) is 56.7 Å². The molecule has 3 rings (SSSR count). The second kappa shape index (κ2) is 8.97. The lowest BCUT2D eigenvalue weighted by molar-refractivity contribution is -0.192. The molecular formula is C18H26F3N3O4S. The number of pyridine rings is 1. The summed E-state index contributed by atoms with van der Waals surface area (Å²) >= 11 is 0. The van der Waals surface area contributed by atoms with E-state index >= 15 is 0 Å². The van der Waals surface area contributed by atoms with Crippen LogP contribution in [0.4, 0.5) is 13.2 Å². The Labute approximate surface area is 168 Å². The summed E-state index contributed by atoms with van der Waals surface area (Å²) in [6.07, 6.45) is 0.262. The van der Waals surface area contributed by atoms with Crippen molar-refractivity contribution >= 4 is 16.0 Å². The van der Waals surface area contributed by atoms with E-state index in [4.69, 9.17) is 9.90 Å². The third kappa shape index (κ3) is 6.38. The van der Waals surface area contributed by atoms with Crippen molar-refractivity contribution in [3.8, 4) is 0 Å². The zero-order valence-electron chi connectivity index (χ0n) is 16.4. The molecule has 1 spiro atoms. The van der Waals surface area contributed by atoms with Gasteiger partial charge in [0.15, 0.2) is 0 Å². The fraction of sp³-hybridized carbons (Fsp3) is 0.667. The molecule has 0 amide bonds. The van der Waals surface area contributed by atoms with Gasteiger partial charge in [-0.15, -0.1) is 0 Å². The fourth-order valence-electron chi connectivity index (χ4n) is 4.10. The Bertz CT molecular complexity index is 832. The largest absolute Gasteiger partial charge is 0.490 e. The fourth-order valence-corrected chi connectivity index (χ4v) is 5.50. The predicted octanol–water partition coefficient (Wildman–Crippen LogP) is 2.41. The van der Waals surface area contributed by atoms with Crippen molar-refractivity contribution in [3.63, 3.8) is 0 Å². The minimum atomic E-state index is -5.08. The molecule has 0 radical (unpaired) electrons. The van der Waals surface area contributed by atoms with E-state index in [2.05, 4.69) is 16.0 Å². The van der Waals surface area contributed by atoms with Gasteiger partial charge in [0.05, 0.1) is 11.9 Å². The first-order chi connectivity index (χ1) is 13.3. The topological polar surface area (TPSA) is 90.8 Å². The highest BCUT2D eigenvalue weighted by molar-refractivity contribution is 7.88. The Morgan fingerprint density at radius 3 is 2.34 bits per heavy atom. The number of aryl methyl sites for hydroxylation is 1. The molecule has 2 fully saturated rings. The van der Waals surface area contributed by atoms with E-state index in [1.165, 1.54) is 6.26 Å². The van der Waals surface area contributed by atoms with Crippen molar-refractivity contribution < 1.29 is 31.5 Å². The lowest BCUT2D eigenvalue weighted by atomic mass is 9.87. The number of likely N-dealkylation sites (tertiary alicyclic amines) is 1. The molecule has 1 aromatic heterocycles. The molecule has 0 aliphatic carbocycles. The van der Waals surface area contributed by atoms with Gasteiger partial charge in [-0.2, -0.15) is 17.5 Å². The van der Waals surface area contributed by atoms with Crippen molar-refractivity contribution in [1.29, 1.82) is 0 Å². The molecule has 3 heterocycles. The molecular weight excluding hydrogens is 411 g/mol. The summed E-state index contributed by atoms with van der Waals surface area (Å²) in [4.78, 5) is 15.8. The van der Waals surface area contributed by atoms with Gasteiger partial charge in [-0.3, -0.25) is 9.88 Å². The van der Waals surface area contributed by atoms with Crippen LogP contribution in [-0.2, 0) is 21.4 Å². The lowest BCUT2D eigenvalue weighted by Gasteiger charge is -2.44. The number of halogens is 3. The SMILES string of the molecule is Cc1cccc(CN2CCCC3(CCCN3S(C)(=O)=O)C2)n1.O=C(O)C(F)(F)F. The zero-order chi connectivity index (χ0) is 21.9. The number of alkyl halides is 3. The summed E-state index contributed by atoms with van der Waals surface area (Å²) < 4.78 is 57.7. The Morgan fingerprint density at radius 2 is 1.83 bits per heavy atom. The first kappa shape index (κ1) is 23.6. The maximum atomic E-state index is 12.1. The Balaban J connectivity index is 0.000000370. The number of carbonyl (C=O) groups is 1. The molecule has 29 heavy (non-hydrogen) atoms. The molecule has 11 heteroatoms. The molecule has 1 atom stereocenters. The van der Waals surface area contributed by atoms with Crippen LogP contribution in [-0.4, -0.2) is 71.3 Å². The third-order valence-corrected chi connectivity index (χ3v) is 6.51. The zero-order valence-corrected chi connectivity index (χ0v) is 17.3. The predicted molar refractivity (Wildman–Crippen MR) is 101 cm³/mol. The quantitative estimate of drug-likeness (QED) is 0.781. The van der Waals surface area contributed by atoms with Gasteiger partial charge >= 0.3 is 12.1 Å². The van der Waals surface area contributed by atoms with Gasteiger partial charge in [-0.05, 0) is 51.3 Å². The third-order valence-electron chi connectivity index (χ3n) is 5.14. The molecule has 1 aromatic rings. The van der Waals surface area contributed by atoms with Gasteiger partial charge in [0.2, 0.25) is 10.0 Å². The summed E-state index contributed by atoms with van der Waals surface area (Å²) in [5.41, 5.74) is 1.92. The molecule has 7 nitrogen and oxygen atoms in total. The maximum Gasteiger partial charge on any atom is 0.490 e. The van der Waals surface area contributed by atoms with Crippen LogP contribution in [0.5, 0.6) is 0 Å². The van der Waals surface area contributed by atoms with Crippen LogP contribution in [0, 0.1) is 6.92 Å². The number of hydrogen-bond donors (Lipinski definition) is 1. The highest BCUT2D eigenvalue weighted by Gasteiger charge is 2.47. The first-order valence-electron chi connectivity index (χ1n) is 9.26. The van der Waals surface area contributed by atoms with Crippen molar-refractivity contribution in [2.24, 2.45) is 0 Å². The smallest absolute Gasteiger partial charge is 0.475 e. The van der Waals surface area contributed by atoms with E-state index in [9.17, 15) is 21.6 Å². The highest BCUT2D eigenvalue weighted by Crippen LogP contribution is 2.39. The second-order valence-electron chi connectivity index (χ2n) is 7.55. The van der Waals surface area contributed by atoms with Crippen molar-refractivity contribution in [2.75, 3.05) is 25.9 Å². The summed E-state index contributed by atoms with van der Waals surface area (Å²) in [5.74, 6) is -2.76. The average molecular weight is 437 g/mol. The molecule has 164 valence electrons. The van der Waals surface area contributed by atoms with Crippen LogP contribution < -0.4 is 0 Å². The average Bonchev–Trinajstić information content (AvgIpc) is 2.97. The summed E-state index contributed by atoms with van der Waals surface area (Å²) in [5, 5.41) is 7.12. The van der Waals surface area contributed by atoms with Crippen LogP contribution in [0.2, 0.25) is 0 Å². The minimum Gasteiger partial charge on any atom is -0.475 e. The minimum absolute atomic E-state index is 0.185. The monoisotopic (exact) mass is 437 g/mol. The van der Waals surface area contributed by atoms with Crippen LogP contribution in [0.1, 0.15) is 37.1 Å². The number of sulfonamides is 1. The second-order valence-corrected chi connectivity index (χ2v) is 9.46. The Morgan fingerprint density at radius 1 is 1.24 bits per heavy atom. The summed E-state index contributed by atoms with van der Waals surface area (Å²) in [6, 6.07) is 6.09. The molecule has 2 aliphatic heterocycles. The van der Waals surface area contributed by atoms with Gasteiger partial charge < -0.3 is 5.11 Å². The van der Waals surface area contributed by atoms with Gasteiger partial charge in [-0.1, -0.05) is 6.07 Å². The number of carboxylic acids is 1. The van der Waals surface area contributed by atoms with Crippen molar-refractivity contribution in [3.05, 3.63) is 29.6 Å². The van der Waals surface area contributed by atoms with E-state index in [1.807, 2.05) is 19.1 Å². The number of rotatable bonds is 3. The lowest BCUT2D eigenvalue weighted by Crippen LogP contribution is -2.56. The Kier molecular flexibility index (Phi) is 7.28. The first-order valence-corrected chi connectivity index (χ1v) is 11.1. The highest BCUT2D eigenvalue weighted by atomic mass is 32.2. The number of nitrogens with zero attached hydrogens (tertiary/aromatic N) is 3. The van der Waals surface area contributed by atoms with Gasteiger partial charge in [0, 0.05) is 30.9 Å². The Hall–Kier alpha value is -1.72.